The highest BCUT2D eigenvalue weighted by atomic mass is 14.3. The average Bonchev–Trinajstić information content (AvgIpc) is 2.73. The van der Waals surface area contributed by atoms with Gasteiger partial charge in [-0.3, -0.25) is 0 Å². The van der Waals surface area contributed by atoms with Gasteiger partial charge in [-0.25, -0.2) is 0 Å². The summed E-state index contributed by atoms with van der Waals surface area (Å²) in [5.41, 5.74) is 0. The van der Waals surface area contributed by atoms with Gasteiger partial charge in [0.2, 0.25) is 0 Å². The first kappa shape index (κ1) is 21.2. The van der Waals surface area contributed by atoms with Crippen molar-refractivity contribution in [3.05, 3.63) is 24.3 Å². The highest BCUT2D eigenvalue weighted by Gasteiger charge is 2.29. The summed E-state index contributed by atoms with van der Waals surface area (Å²) >= 11 is 0. The Hall–Kier alpha value is -0.520. The molecule has 3 aliphatic rings. The lowest BCUT2D eigenvalue weighted by atomic mass is 9.69. The first-order chi connectivity index (χ1) is 13.3. The van der Waals surface area contributed by atoms with E-state index in [1.54, 1.807) is 12.8 Å². The van der Waals surface area contributed by atoms with Crippen LogP contribution in [-0.2, 0) is 0 Å². The van der Waals surface area contributed by atoms with Gasteiger partial charge in [0.15, 0.2) is 0 Å². The number of allylic oxidation sites excluding steroid dienone is 4. The van der Waals surface area contributed by atoms with E-state index in [9.17, 15) is 0 Å². The molecule has 0 N–H and O–H groups in total. The lowest BCUT2D eigenvalue weighted by Crippen LogP contribution is -2.25. The quantitative estimate of drug-likeness (QED) is 0.393. The minimum atomic E-state index is 0.883. The van der Waals surface area contributed by atoms with E-state index in [4.69, 9.17) is 0 Å². The van der Waals surface area contributed by atoms with E-state index in [1.807, 2.05) is 0 Å². The molecule has 0 aromatic heterocycles. The minimum absolute atomic E-state index is 0.883. The maximum atomic E-state index is 2.61. The van der Waals surface area contributed by atoms with E-state index < -0.39 is 0 Å². The van der Waals surface area contributed by atoms with E-state index >= 15 is 0 Å². The summed E-state index contributed by atoms with van der Waals surface area (Å²) in [6, 6.07) is 0. The molecule has 0 saturated heterocycles. The van der Waals surface area contributed by atoms with Crippen LogP contribution in [0.2, 0.25) is 0 Å². The van der Waals surface area contributed by atoms with Crippen LogP contribution < -0.4 is 0 Å². The molecule has 3 saturated carbocycles. The lowest BCUT2D eigenvalue weighted by molar-refractivity contribution is 0.154. The van der Waals surface area contributed by atoms with Gasteiger partial charge in [-0.2, -0.15) is 0 Å². The van der Waals surface area contributed by atoms with Crippen molar-refractivity contribution in [1.29, 1.82) is 0 Å². The van der Waals surface area contributed by atoms with Crippen molar-refractivity contribution in [2.24, 2.45) is 35.5 Å². The van der Waals surface area contributed by atoms with Crippen molar-refractivity contribution < 1.29 is 0 Å². The first-order valence-corrected chi connectivity index (χ1v) is 12.6. The summed E-state index contributed by atoms with van der Waals surface area (Å²) in [5.74, 6) is 5.99. The zero-order valence-electron chi connectivity index (χ0n) is 18.4. The molecule has 3 rings (SSSR count). The number of hydrogen-bond donors (Lipinski definition) is 0. The Balaban J connectivity index is 1.27. The van der Waals surface area contributed by atoms with E-state index in [0.29, 0.717) is 0 Å². The van der Waals surface area contributed by atoms with Crippen LogP contribution in [0.5, 0.6) is 0 Å². The summed E-state index contributed by atoms with van der Waals surface area (Å²) in [4.78, 5) is 0. The summed E-state index contributed by atoms with van der Waals surface area (Å²) in [5, 5.41) is 0. The van der Waals surface area contributed by atoms with Crippen LogP contribution in [0.3, 0.4) is 0 Å². The Morgan fingerprint density at radius 1 is 0.630 bits per heavy atom. The lowest BCUT2D eigenvalue weighted by Gasteiger charge is -2.37. The zero-order valence-corrected chi connectivity index (χ0v) is 18.4. The topological polar surface area (TPSA) is 0 Å². The predicted octanol–water partition coefficient (Wildman–Crippen LogP) is 8.73. The van der Waals surface area contributed by atoms with Crippen LogP contribution in [0.15, 0.2) is 24.3 Å². The highest BCUT2D eigenvalue weighted by molar-refractivity contribution is 4.94. The molecule has 0 amide bonds. The van der Waals surface area contributed by atoms with Gasteiger partial charge in [-0.1, -0.05) is 50.5 Å². The second-order valence-electron chi connectivity index (χ2n) is 10.2. The summed E-state index contributed by atoms with van der Waals surface area (Å²) in [7, 11) is 0. The van der Waals surface area contributed by atoms with Crippen LogP contribution in [0.4, 0.5) is 0 Å². The van der Waals surface area contributed by atoms with E-state index in [-0.39, 0.29) is 0 Å². The summed E-state index contributed by atoms with van der Waals surface area (Å²) in [6.07, 6.45) is 32.0. The highest BCUT2D eigenvalue weighted by Crippen LogP contribution is 2.42. The van der Waals surface area contributed by atoms with Crippen molar-refractivity contribution in [3.63, 3.8) is 0 Å². The SMILES string of the molecule is C/C=C/C1CCC(CC/C=C/C2CCC(C3CCC(CC)CC3)CC2)CC1. The molecule has 0 aromatic rings. The second kappa shape index (κ2) is 11.5. The standard InChI is InChI=1S/C27H46/c1-3-7-23-10-12-24(13-11-23)8-5-6-9-25-16-20-27(21-17-25)26-18-14-22(4-2)15-19-26/h3,6-7,9,22-27H,4-5,8,10-21H2,1-2H3/b7-3+,9-6+. The molecule has 154 valence electrons. The van der Waals surface area contributed by atoms with Gasteiger partial charge in [-0.05, 0) is 119 Å². The van der Waals surface area contributed by atoms with Crippen molar-refractivity contribution in [1.82, 2.24) is 0 Å². The van der Waals surface area contributed by atoms with Gasteiger partial charge in [0, 0.05) is 0 Å². The predicted molar refractivity (Wildman–Crippen MR) is 120 cm³/mol. The van der Waals surface area contributed by atoms with Crippen LogP contribution >= 0.6 is 0 Å². The zero-order chi connectivity index (χ0) is 18.9. The Morgan fingerprint density at radius 3 is 1.74 bits per heavy atom. The van der Waals surface area contributed by atoms with Gasteiger partial charge < -0.3 is 0 Å². The molecule has 0 unspecified atom stereocenters. The van der Waals surface area contributed by atoms with Gasteiger partial charge in [0.05, 0.1) is 0 Å². The fourth-order valence-corrected chi connectivity index (χ4v) is 6.44. The molecule has 0 radical (unpaired) electrons. The monoisotopic (exact) mass is 370 g/mol. The molecule has 0 heterocycles. The molecule has 0 nitrogen and oxygen atoms in total. The van der Waals surface area contributed by atoms with E-state index in [2.05, 4.69) is 38.2 Å². The Morgan fingerprint density at radius 2 is 1.15 bits per heavy atom. The maximum Gasteiger partial charge on any atom is -0.0233 e. The smallest absolute Gasteiger partial charge is 0.0233 e. The Bertz CT molecular complexity index is 435. The van der Waals surface area contributed by atoms with Crippen LogP contribution in [0, 0.1) is 35.5 Å². The number of rotatable bonds is 7. The molecule has 0 atom stereocenters. The molecule has 0 aromatic carbocycles. The molecule has 0 heteroatoms. The molecule has 3 fully saturated rings. The minimum Gasteiger partial charge on any atom is -0.0914 e. The van der Waals surface area contributed by atoms with Crippen molar-refractivity contribution >= 4 is 0 Å². The molecular weight excluding hydrogens is 324 g/mol. The van der Waals surface area contributed by atoms with Crippen molar-refractivity contribution in [2.75, 3.05) is 0 Å². The first-order valence-electron chi connectivity index (χ1n) is 12.6. The van der Waals surface area contributed by atoms with E-state index in [1.165, 1.54) is 83.5 Å². The Labute approximate surface area is 170 Å². The molecule has 0 spiro atoms. The molecule has 0 bridgehead atoms. The van der Waals surface area contributed by atoms with E-state index in [0.717, 1.165) is 35.5 Å². The van der Waals surface area contributed by atoms with Gasteiger partial charge in [0.25, 0.3) is 0 Å². The second-order valence-corrected chi connectivity index (χ2v) is 10.2. The normalized spacial score (nSPS) is 38.6. The summed E-state index contributed by atoms with van der Waals surface area (Å²) in [6.45, 7) is 4.55. The van der Waals surface area contributed by atoms with Gasteiger partial charge in [0.1, 0.15) is 0 Å². The van der Waals surface area contributed by atoms with Gasteiger partial charge >= 0.3 is 0 Å². The third-order valence-corrected chi connectivity index (χ3v) is 8.46. The van der Waals surface area contributed by atoms with Crippen LogP contribution in [0.25, 0.3) is 0 Å². The van der Waals surface area contributed by atoms with Crippen LogP contribution in [-0.4, -0.2) is 0 Å². The molecule has 3 aliphatic carbocycles. The molecule has 27 heavy (non-hydrogen) atoms. The third kappa shape index (κ3) is 6.79. The van der Waals surface area contributed by atoms with Crippen molar-refractivity contribution in [3.8, 4) is 0 Å². The average molecular weight is 371 g/mol. The van der Waals surface area contributed by atoms with Crippen LogP contribution in [0.1, 0.15) is 110 Å². The number of hydrogen-bond acceptors (Lipinski definition) is 0. The summed E-state index contributed by atoms with van der Waals surface area (Å²) < 4.78 is 0. The molecule has 0 aliphatic heterocycles. The van der Waals surface area contributed by atoms with Crippen molar-refractivity contribution in [2.45, 2.75) is 110 Å². The maximum absolute atomic E-state index is 2.61. The molecular formula is C27H46. The fourth-order valence-electron chi connectivity index (χ4n) is 6.44. The Kier molecular flexibility index (Phi) is 9.01. The third-order valence-electron chi connectivity index (χ3n) is 8.46. The van der Waals surface area contributed by atoms with Gasteiger partial charge in [-0.15, -0.1) is 0 Å². The largest absolute Gasteiger partial charge is 0.0914 e. The fraction of sp³-hybridized carbons (Fsp3) is 0.852.